The summed E-state index contributed by atoms with van der Waals surface area (Å²) in [5.74, 6) is 1.14. The first-order valence-electron chi connectivity index (χ1n) is 7.22. The Morgan fingerprint density at radius 2 is 2.15 bits per heavy atom. The van der Waals surface area contributed by atoms with Crippen molar-refractivity contribution in [3.8, 4) is 0 Å². The zero-order valence-corrected chi connectivity index (χ0v) is 12.4. The van der Waals surface area contributed by atoms with Gasteiger partial charge in [0.15, 0.2) is 0 Å². The molecular weight excluding hydrogens is 248 g/mol. The van der Waals surface area contributed by atoms with E-state index in [4.69, 9.17) is 5.73 Å². The Morgan fingerprint density at radius 1 is 1.30 bits per heavy atom. The zero-order valence-electron chi connectivity index (χ0n) is 12.4. The second-order valence-electron chi connectivity index (χ2n) is 5.23. The quantitative estimate of drug-likeness (QED) is 0.788. The lowest BCUT2D eigenvalue weighted by Crippen LogP contribution is -2.27. The Hall–Kier alpha value is -1.81. The summed E-state index contributed by atoms with van der Waals surface area (Å²) in [4.78, 5) is 6.85. The van der Waals surface area contributed by atoms with Gasteiger partial charge >= 0.3 is 0 Å². The molecular formula is C16H24N4. The number of aryl methyl sites for hydroxylation is 1. The zero-order chi connectivity index (χ0) is 14.4. The highest BCUT2D eigenvalue weighted by molar-refractivity contribution is 5.40. The molecule has 0 aliphatic rings. The highest BCUT2D eigenvalue weighted by Gasteiger charge is 2.07. The van der Waals surface area contributed by atoms with Gasteiger partial charge in [-0.1, -0.05) is 19.1 Å². The first kappa shape index (κ1) is 14.6. The highest BCUT2D eigenvalue weighted by Crippen LogP contribution is 2.10. The van der Waals surface area contributed by atoms with Crippen molar-refractivity contribution in [3.05, 3.63) is 48.0 Å². The summed E-state index contributed by atoms with van der Waals surface area (Å²) in [5.41, 5.74) is 7.96. The molecule has 4 heteroatoms. The number of imidazole rings is 1. The minimum absolute atomic E-state index is 0.836. The number of nitrogens with two attached hydrogens (primary N) is 1. The van der Waals surface area contributed by atoms with Gasteiger partial charge in [0.25, 0.3) is 0 Å². The van der Waals surface area contributed by atoms with Crippen LogP contribution >= 0.6 is 0 Å². The Bertz CT molecular complexity index is 533. The lowest BCUT2D eigenvalue weighted by atomic mass is 10.2. The van der Waals surface area contributed by atoms with E-state index in [0.29, 0.717) is 0 Å². The molecule has 0 amide bonds. The molecule has 0 atom stereocenters. The van der Waals surface area contributed by atoms with Crippen LogP contribution in [-0.2, 0) is 20.0 Å². The van der Waals surface area contributed by atoms with Crippen LogP contribution in [0.25, 0.3) is 0 Å². The lowest BCUT2D eigenvalue weighted by Gasteiger charge is -2.21. The van der Waals surface area contributed by atoms with Crippen LogP contribution in [0.1, 0.15) is 24.7 Å². The SMILES string of the molecule is CCCN(CCc1nccn1C)Cc1cccc(N)c1. The predicted octanol–water partition coefficient (Wildman–Crippen LogP) is 2.46. The van der Waals surface area contributed by atoms with E-state index in [0.717, 1.165) is 44.0 Å². The smallest absolute Gasteiger partial charge is 0.109 e. The monoisotopic (exact) mass is 272 g/mol. The third kappa shape index (κ3) is 4.10. The molecule has 0 unspecified atom stereocenters. The van der Waals surface area contributed by atoms with Crippen LogP contribution in [-0.4, -0.2) is 27.5 Å². The first-order valence-corrected chi connectivity index (χ1v) is 7.22. The van der Waals surface area contributed by atoms with Crippen LogP contribution < -0.4 is 5.73 Å². The summed E-state index contributed by atoms with van der Waals surface area (Å²) in [6, 6.07) is 8.15. The number of nitrogen functional groups attached to an aromatic ring is 1. The molecule has 1 aromatic heterocycles. The standard InChI is InChI=1S/C16H24N4/c1-3-9-20(10-7-16-18-8-11-19(16)2)13-14-5-4-6-15(17)12-14/h4-6,8,11-12H,3,7,9-10,13,17H2,1-2H3. The molecule has 2 N–H and O–H groups in total. The van der Waals surface area contributed by atoms with Crippen molar-refractivity contribution in [3.63, 3.8) is 0 Å². The summed E-state index contributed by atoms with van der Waals surface area (Å²) >= 11 is 0. The Kier molecular flexibility index (Phi) is 5.18. The number of hydrogen-bond donors (Lipinski definition) is 1. The molecule has 0 spiro atoms. The maximum Gasteiger partial charge on any atom is 0.109 e. The van der Waals surface area contributed by atoms with Gasteiger partial charge in [0.1, 0.15) is 5.82 Å². The molecule has 20 heavy (non-hydrogen) atoms. The Labute approximate surface area is 121 Å². The Morgan fingerprint density at radius 3 is 2.80 bits per heavy atom. The second-order valence-corrected chi connectivity index (χ2v) is 5.23. The van der Waals surface area contributed by atoms with E-state index in [-0.39, 0.29) is 0 Å². The highest BCUT2D eigenvalue weighted by atomic mass is 15.1. The first-order chi connectivity index (χ1) is 9.69. The number of hydrogen-bond acceptors (Lipinski definition) is 3. The minimum Gasteiger partial charge on any atom is -0.399 e. The minimum atomic E-state index is 0.836. The third-order valence-corrected chi connectivity index (χ3v) is 3.47. The molecule has 0 aliphatic carbocycles. The van der Waals surface area contributed by atoms with Gasteiger partial charge in [-0.25, -0.2) is 4.98 Å². The third-order valence-electron chi connectivity index (χ3n) is 3.47. The summed E-state index contributed by atoms with van der Waals surface area (Å²) < 4.78 is 2.09. The lowest BCUT2D eigenvalue weighted by molar-refractivity contribution is 0.267. The van der Waals surface area contributed by atoms with Gasteiger partial charge in [-0.2, -0.15) is 0 Å². The van der Waals surface area contributed by atoms with Crippen LogP contribution in [0.3, 0.4) is 0 Å². The van der Waals surface area contributed by atoms with E-state index in [1.807, 2.05) is 31.6 Å². The van der Waals surface area contributed by atoms with E-state index in [9.17, 15) is 0 Å². The summed E-state index contributed by atoms with van der Waals surface area (Å²) in [6.45, 7) is 5.28. The molecule has 0 radical (unpaired) electrons. The van der Waals surface area contributed by atoms with Crippen molar-refractivity contribution in [2.24, 2.45) is 7.05 Å². The molecule has 0 saturated heterocycles. The summed E-state index contributed by atoms with van der Waals surface area (Å²) in [5, 5.41) is 0. The van der Waals surface area contributed by atoms with Gasteiger partial charge in [-0.15, -0.1) is 0 Å². The number of aromatic nitrogens is 2. The van der Waals surface area contributed by atoms with E-state index in [2.05, 4.69) is 33.5 Å². The average Bonchev–Trinajstić information content (AvgIpc) is 2.82. The van der Waals surface area contributed by atoms with Crippen molar-refractivity contribution in [2.75, 3.05) is 18.8 Å². The Balaban J connectivity index is 1.95. The molecule has 1 heterocycles. The number of rotatable bonds is 7. The normalized spacial score (nSPS) is 11.2. The van der Waals surface area contributed by atoms with Crippen LogP contribution in [0.2, 0.25) is 0 Å². The maximum absolute atomic E-state index is 5.85. The van der Waals surface area contributed by atoms with Crippen molar-refractivity contribution in [1.29, 1.82) is 0 Å². The molecule has 2 rings (SSSR count). The van der Waals surface area contributed by atoms with Gasteiger partial charge in [0, 0.05) is 44.6 Å². The fourth-order valence-corrected chi connectivity index (χ4v) is 2.43. The molecule has 0 aliphatic heterocycles. The van der Waals surface area contributed by atoms with Gasteiger partial charge in [0.2, 0.25) is 0 Å². The second kappa shape index (κ2) is 7.10. The molecule has 0 fully saturated rings. The van der Waals surface area contributed by atoms with Gasteiger partial charge in [-0.3, -0.25) is 4.90 Å². The molecule has 0 bridgehead atoms. The fraction of sp³-hybridized carbons (Fsp3) is 0.438. The van der Waals surface area contributed by atoms with E-state index in [1.54, 1.807) is 0 Å². The number of nitrogens with zero attached hydrogens (tertiary/aromatic N) is 3. The molecule has 4 nitrogen and oxygen atoms in total. The van der Waals surface area contributed by atoms with Crippen LogP contribution in [0.5, 0.6) is 0 Å². The van der Waals surface area contributed by atoms with Crippen LogP contribution in [0.15, 0.2) is 36.7 Å². The maximum atomic E-state index is 5.85. The van der Waals surface area contributed by atoms with Gasteiger partial charge in [-0.05, 0) is 30.7 Å². The van der Waals surface area contributed by atoms with Crippen molar-refractivity contribution >= 4 is 5.69 Å². The summed E-state index contributed by atoms with van der Waals surface area (Å²) in [6.07, 6.45) is 5.99. The van der Waals surface area contributed by atoms with Gasteiger partial charge < -0.3 is 10.3 Å². The molecule has 0 saturated carbocycles. The molecule has 108 valence electrons. The molecule has 2 aromatic rings. The van der Waals surface area contributed by atoms with Gasteiger partial charge in [0.05, 0.1) is 0 Å². The average molecular weight is 272 g/mol. The van der Waals surface area contributed by atoms with Crippen molar-refractivity contribution < 1.29 is 0 Å². The van der Waals surface area contributed by atoms with Crippen LogP contribution in [0, 0.1) is 0 Å². The summed E-state index contributed by atoms with van der Waals surface area (Å²) in [7, 11) is 2.05. The predicted molar refractivity (Wildman–Crippen MR) is 83.3 cm³/mol. The van der Waals surface area contributed by atoms with Crippen molar-refractivity contribution in [2.45, 2.75) is 26.3 Å². The largest absolute Gasteiger partial charge is 0.399 e. The van der Waals surface area contributed by atoms with Crippen LogP contribution in [0.4, 0.5) is 5.69 Å². The van der Waals surface area contributed by atoms with Crippen molar-refractivity contribution in [1.82, 2.24) is 14.5 Å². The number of benzene rings is 1. The fourth-order valence-electron chi connectivity index (χ4n) is 2.43. The van der Waals surface area contributed by atoms with E-state index in [1.165, 1.54) is 5.56 Å². The molecule has 1 aromatic carbocycles. The van der Waals surface area contributed by atoms with E-state index < -0.39 is 0 Å². The number of anilines is 1. The van der Waals surface area contributed by atoms with E-state index >= 15 is 0 Å². The topological polar surface area (TPSA) is 47.1 Å².